The molecule has 12 nitrogen and oxygen atoms in total. The van der Waals surface area contributed by atoms with Crippen molar-refractivity contribution >= 4 is 98.4 Å². The number of benzene rings is 17. The van der Waals surface area contributed by atoms with Gasteiger partial charge in [0, 0.05) is 81.6 Å². The second kappa shape index (κ2) is 29.7. The predicted octanol–water partition coefficient (Wildman–Crippen LogP) is 29.5. The number of nitrogens with zero attached hydrogens (tertiary/aromatic N) is 11. The molecule has 0 bridgehead atoms. The normalized spacial score (nSPS) is 13.5. The Kier molecular flexibility index (Phi) is 17.4. The topological polar surface area (TPSA) is 131 Å². The summed E-state index contributed by atoms with van der Waals surface area (Å²) in [7, 11) is 0. The fourth-order valence-corrected chi connectivity index (χ4v) is 21.1. The van der Waals surface area contributed by atoms with Crippen molar-refractivity contribution in [2.24, 2.45) is 0 Å². The first-order valence-corrected chi connectivity index (χ1v) is 44.8. The average molecular weight is 1680 g/mol. The predicted molar refractivity (Wildman–Crippen MR) is 535 cm³/mol. The molecule has 17 aromatic carbocycles. The van der Waals surface area contributed by atoms with Crippen LogP contribution in [0.4, 0.5) is 0 Å². The Morgan fingerprint density at radius 3 is 1.05 bits per heavy atom. The molecule has 0 saturated carbocycles. The fraction of sp³-hybridized carbons (Fsp3) is 0.0756. The van der Waals surface area contributed by atoms with Gasteiger partial charge in [-0.15, -0.1) is 0 Å². The maximum atomic E-state index is 6.45. The smallest absolute Gasteiger partial charge is 0.238 e. The van der Waals surface area contributed by atoms with Gasteiger partial charge in [0.15, 0.2) is 29.1 Å². The maximum Gasteiger partial charge on any atom is 0.238 e. The number of hydrogen-bond acceptors (Lipinski definition) is 9. The largest absolute Gasteiger partial charge is 0.455 e. The summed E-state index contributed by atoms with van der Waals surface area (Å²) < 4.78 is 13.2. The zero-order valence-corrected chi connectivity index (χ0v) is 72.9. The number of rotatable bonds is 9. The van der Waals surface area contributed by atoms with E-state index in [0.717, 1.165) is 111 Å². The monoisotopic (exact) mass is 1680 g/mol. The molecule has 0 atom stereocenters. The molecule has 7 heterocycles. The Balaban J connectivity index is 0.000000106. The summed E-state index contributed by atoms with van der Waals surface area (Å²) in [5.74, 6) is 4.50. The zero-order valence-electron chi connectivity index (χ0n) is 72.9. The Morgan fingerprint density at radius 2 is 0.557 bits per heavy atom. The van der Waals surface area contributed by atoms with Crippen LogP contribution >= 0.6 is 0 Å². The lowest BCUT2D eigenvalue weighted by Gasteiger charge is -2.21. The molecule has 0 aliphatic heterocycles. The molecule has 24 aromatic rings. The van der Waals surface area contributed by atoms with Crippen molar-refractivity contribution in [1.29, 1.82) is 0 Å². The molecule has 0 saturated heterocycles. The molecule has 0 fully saturated rings. The van der Waals surface area contributed by atoms with Crippen LogP contribution in [0, 0.1) is 0 Å². The second-order valence-corrected chi connectivity index (χ2v) is 36.1. The lowest BCUT2D eigenvalue weighted by Crippen LogP contribution is -2.15. The van der Waals surface area contributed by atoms with Crippen molar-refractivity contribution in [1.82, 2.24) is 53.6 Å². The van der Waals surface area contributed by atoms with Gasteiger partial charge in [-0.3, -0.25) is 13.7 Å². The second-order valence-electron chi connectivity index (χ2n) is 36.1. The van der Waals surface area contributed by atoms with E-state index in [1.165, 1.54) is 105 Å². The van der Waals surface area contributed by atoms with Crippen LogP contribution in [0.25, 0.3) is 217 Å². The van der Waals surface area contributed by atoms with Crippen molar-refractivity contribution in [3.8, 4) is 119 Å². The number of fused-ring (bicyclic) bond motifs is 22. The van der Waals surface area contributed by atoms with Gasteiger partial charge in [0.25, 0.3) is 0 Å². The summed E-state index contributed by atoms with van der Waals surface area (Å²) in [6.07, 6.45) is 0. The minimum Gasteiger partial charge on any atom is -0.455 e. The van der Waals surface area contributed by atoms with Gasteiger partial charge < -0.3 is 4.42 Å². The Bertz CT molecular complexity index is 8750. The summed E-state index contributed by atoms with van der Waals surface area (Å²) in [5.41, 5.74) is 33.5. The summed E-state index contributed by atoms with van der Waals surface area (Å²) in [6, 6.07) is 139. The third-order valence-electron chi connectivity index (χ3n) is 27.5. The van der Waals surface area contributed by atoms with Crippen LogP contribution in [-0.2, 0) is 16.2 Å². The van der Waals surface area contributed by atoms with E-state index in [9.17, 15) is 0 Å². The van der Waals surface area contributed by atoms with Crippen molar-refractivity contribution in [2.75, 3.05) is 0 Å². The number of hydrogen-bond donors (Lipinski definition) is 0. The molecular weight excluding hydrogens is 1600 g/mol. The van der Waals surface area contributed by atoms with Crippen LogP contribution in [-0.4, -0.2) is 53.6 Å². The number of para-hydroxylation sites is 6. The summed E-state index contributed by atoms with van der Waals surface area (Å²) in [4.78, 5) is 41.2. The van der Waals surface area contributed by atoms with Crippen LogP contribution in [0.3, 0.4) is 0 Å². The Morgan fingerprint density at radius 1 is 0.206 bits per heavy atom. The standard InChI is InChI=1S/C42H28N4O.C42H30N4.C35H25N3/c1-42(2)33-20-9-6-15-26(33)31-23-32-27-16-7-10-21-35(27)46(36(32)24-34(31)42)41-44-39(25-13-4-3-5-14-25)43-40(45-41)30-19-12-18-29-28-17-8-11-22-37(28)47-38(29)30;1-42(2)35-21-13-12-20-31(35)32-25-34-33-24-30(27-14-6-3-7-15-27)22-23-37(33)46(38(34)26-36(32)42)41-44-39(28-16-8-4-9-17-28)43-40(45-41)29-18-10-5-11-19-29;1-35(2)27-16-8-6-14-23(27)25-20-26-24-15-7-11-19-31(24)38(32(26)21-28(25)35)34-33(22-12-4-3-5-13-22)36-29-17-9-10-18-30(29)37-34/h3-24H,1-2H3;3-26H,1-2H3;3-21H,1-2H3. The van der Waals surface area contributed by atoms with E-state index in [1.54, 1.807) is 0 Å². The molecule has 12 heteroatoms. The number of furan rings is 1. The van der Waals surface area contributed by atoms with Crippen molar-refractivity contribution in [3.05, 3.63) is 428 Å². The third kappa shape index (κ3) is 12.2. The molecule has 3 aliphatic rings. The van der Waals surface area contributed by atoms with Crippen LogP contribution in [0.1, 0.15) is 74.9 Å². The highest BCUT2D eigenvalue weighted by Crippen LogP contribution is 2.55. The first-order chi connectivity index (χ1) is 64.2. The highest BCUT2D eigenvalue weighted by atomic mass is 16.3. The van der Waals surface area contributed by atoms with E-state index < -0.39 is 0 Å². The first-order valence-electron chi connectivity index (χ1n) is 44.8. The Hall–Kier alpha value is -16.7. The van der Waals surface area contributed by atoms with Crippen molar-refractivity contribution in [2.45, 2.75) is 57.8 Å². The number of aromatic nitrogens is 11. The molecule has 131 heavy (non-hydrogen) atoms. The molecule has 0 spiro atoms. The summed E-state index contributed by atoms with van der Waals surface area (Å²) in [5, 5.41) is 9.26. The average Bonchev–Trinajstić information content (AvgIpc) is 1.56. The van der Waals surface area contributed by atoms with E-state index >= 15 is 0 Å². The van der Waals surface area contributed by atoms with Gasteiger partial charge in [-0.2, -0.15) is 19.9 Å². The maximum absolute atomic E-state index is 6.45. The molecule has 0 radical (unpaired) electrons. The van der Waals surface area contributed by atoms with Crippen LogP contribution in [0.5, 0.6) is 0 Å². The van der Waals surface area contributed by atoms with E-state index in [1.807, 2.05) is 121 Å². The summed E-state index contributed by atoms with van der Waals surface area (Å²) in [6.45, 7) is 14.0. The minimum atomic E-state index is -0.141. The van der Waals surface area contributed by atoms with Gasteiger partial charge in [-0.1, -0.05) is 351 Å². The molecule has 620 valence electrons. The van der Waals surface area contributed by atoms with E-state index in [2.05, 4.69) is 328 Å². The van der Waals surface area contributed by atoms with Crippen LogP contribution < -0.4 is 0 Å². The van der Waals surface area contributed by atoms with Gasteiger partial charge in [-0.25, -0.2) is 19.9 Å². The highest BCUT2D eigenvalue weighted by Gasteiger charge is 2.40. The van der Waals surface area contributed by atoms with Crippen LogP contribution in [0.2, 0.25) is 0 Å². The van der Waals surface area contributed by atoms with Gasteiger partial charge in [-0.05, 0) is 163 Å². The third-order valence-corrected chi connectivity index (χ3v) is 27.5. The van der Waals surface area contributed by atoms with Crippen molar-refractivity contribution in [3.63, 3.8) is 0 Å². The van der Waals surface area contributed by atoms with Crippen LogP contribution in [0.15, 0.2) is 399 Å². The van der Waals surface area contributed by atoms with Gasteiger partial charge >= 0.3 is 0 Å². The van der Waals surface area contributed by atoms with E-state index in [0.29, 0.717) is 35.2 Å². The molecular formula is C119H83N11O. The Labute approximate surface area is 755 Å². The SMILES string of the molecule is CC1(C)c2ccccc2-c2cc3c4cc(-c5ccccc5)ccc4n(-c4nc(-c5ccccc5)nc(-c5ccccc5)n4)c3cc21.CC1(C)c2ccccc2-c2cc3c4ccccc4n(-c4nc(-c5ccccc5)nc(-c5cccc6c5oc5ccccc56)n4)c3cc21.CC1(C)c2ccccc2-c2cc3c4ccccc4n(-c4nc5ccccc5nc4-c4ccccc4)c3cc21. The fourth-order valence-electron chi connectivity index (χ4n) is 21.1. The van der Waals surface area contributed by atoms with Gasteiger partial charge in [0.05, 0.1) is 49.7 Å². The minimum absolute atomic E-state index is 0.0846. The molecule has 3 aliphatic carbocycles. The molecule has 0 N–H and O–H groups in total. The molecule has 7 aromatic heterocycles. The molecule has 0 amide bonds. The molecule has 27 rings (SSSR count). The zero-order chi connectivity index (χ0) is 87.5. The lowest BCUT2D eigenvalue weighted by molar-refractivity contribution is 0.660. The lowest BCUT2D eigenvalue weighted by atomic mass is 9.82. The van der Waals surface area contributed by atoms with Gasteiger partial charge in [0.2, 0.25) is 11.9 Å². The highest BCUT2D eigenvalue weighted by molar-refractivity contribution is 6.16. The van der Waals surface area contributed by atoms with E-state index in [4.69, 9.17) is 44.3 Å². The van der Waals surface area contributed by atoms with Crippen molar-refractivity contribution < 1.29 is 4.42 Å². The quantitative estimate of drug-likeness (QED) is 0.139. The van der Waals surface area contributed by atoms with Gasteiger partial charge in [0.1, 0.15) is 16.9 Å². The first kappa shape index (κ1) is 76.7. The van der Waals surface area contributed by atoms with E-state index in [-0.39, 0.29) is 16.2 Å². The molecule has 0 unspecified atom stereocenters. The summed E-state index contributed by atoms with van der Waals surface area (Å²) >= 11 is 0.